The van der Waals surface area contributed by atoms with E-state index in [0.717, 1.165) is 10.0 Å². The first-order valence-electron chi connectivity index (χ1n) is 8.06. The minimum atomic E-state index is -1.85. The van der Waals surface area contributed by atoms with Gasteiger partial charge < -0.3 is 10.4 Å². The number of amides is 1. The third-order valence-electron chi connectivity index (χ3n) is 4.35. The van der Waals surface area contributed by atoms with Gasteiger partial charge in [0.2, 0.25) is 0 Å². The number of benzene rings is 2. The molecule has 1 amide bonds. The van der Waals surface area contributed by atoms with Crippen molar-refractivity contribution in [3.8, 4) is 0 Å². The quantitative estimate of drug-likeness (QED) is 0.745. The number of hydrogen-bond donors (Lipinski definition) is 2. The Balaban J connectivity index is 1.91. The van der Waals surface area contributed by atoms with Gasteiger partial charge in [0.25, 0.3) is 5.91 Å². The van der Waals surface area contributed by atoms with Gasteiger partial charge in [-0.3, -0.25) is 9.59 Å². The summed E-state index contributed by atoms with van der Waals surface area (Å²) < 4.78 is 0.740. The zero-order chi connectivity index (χ0) is 18.0. The second-order valence-electron chi connectivity index (χ2n) is 6.04. The van der Waals surface area contributed by atoms with Crippen molar-refractivity contribution in [3.05, 3.63) is 69.7 Å². The maximum atomic E-state index is 12.8. The normalized spacial score (nSPS) is 19.5. The number of Topliss-reactive ketones (excluding diaryl/α,β-unsaturated/α-hetero) is 1. The molecule has 0 bridgehead atoms. The molecule has 3 rings (SSSR count). The zero-order valence-electron chi connectivity index (χ0n) is 13.8. The molecule has 1 aliphatic rings. The van der Waals surface area contributed by atoms with E-state index in [1.807, 2.05) is 37.3 Å². The number of aliphatic hydroxyl groups is 1. The molecule has 1 aliphatic heterocycles. The van der Waals surface area contributed by atoms with E-state index in [-0.39, 0.29) is 12.2 Å². The van der Waals surface area contributed by atoms with E-state index in [9.17, 15) is 14.7 Å². The molecule has 0 spiro atoms. The van der Waals surface area contributed by atoms with Crippen LogP contribution >= 0.6 is 15.9 Å². The van der Waals surface area contributed by atoms with E-state index >= 15 is 0 Å². The van der Waals surface area contributed by atoms with Crippen molar-refractivity contribution < 1.29 is 14.7 Å². The fourth-order valence-electron chi connectivity index (χ4n) is 2.97. The van der Waals surface area contributed by atoms with E-state index in [1.165, 1.54) is 0 Å². The Morgan fingerprint density at radius 1 is 1.24 bits per heavy atom. The highest BCUT2D eigenvalue weighted by molar-refractivity contribution is 9.10. The predicted molar refractivity (Wildman–Crippen MR) is 101 cm³/mol. The Hall–Kier alpha value is -2.24. The Kier molecular flexibility index (Phi) is 4.88. The van der Waals surface area contributed by atoms with Gasteiger partial charge >= 0.3 is 0 Å². The van der Waals surface area contributed by atoms with Crippen LogP contribution in [0.1, 0.15) is 30.9 Å². The van der Waals surface area contributed by atoms with Crippen LogP contribution in [0.4, 0.5) is 5.69 Å². The highest BCUT2D eigenvalue weighted by atomic mass is 79.9. The molecule has 0 aromatic heterocycles. The first-order valence-corrected chi connectivity index (χ1v) is 8.86. The number of halogens is 1. The lowest BCUT2D eigenvalue weighted by Gasteiger charge is -2.20. The zero-order valence-corrected chi connectivity index (χ0v) is 15.3. The maximum Gasteiger partial charge on any atom is 0.261 e. The standard InChI is InChI=1S/C20H18BrNO3/c1-2-14(10-13-6-4-3-5-7-13)18(23)12-20(25)16-11-15(21)8-9-17(16)22-19(20)24/h3-11,25H,2,12H2,1H3,(H,22,24)/b14-10+. The third-order valence-corrected chi connectivity index (χ3v) is 4.84. The van der Waals surface area contributed by atoms with Gasteiger partial charge in [-0.2, -0.15) is 0 Å². The van der Waals surface area contributed by atoms with E-state index in [2.05, 4.69) is 21.2 Å². The summed E-state index contributed by atoms with van der Waals surface area (Å²) in [5.74, 6) is -0.805. The van der Waals surface area contributed by atoms with Gasteiger partial charge in [-0.15, -0.1) is 0 Å². The molecule has 1 heterocycles. The number of carbonyl (C=O) groups is 2. The lowest BCUT2D eigenvalue weighted by atomic mass is 9.87. The van der Waals surface area contributed by atoms with Crippen molar-refractivity contribution in [2.24, 2.45) is 0 Å². The van der Waals surface area contributed by atoms with Crippen LogP contribution in [0, 0.1) is 0 Å². The summed E-state index contributed by atoms with van der Waals surface area (Å²) in [7, 11) is 0. The maximum absolute atomic E-state index is 12.8. The van der Waals surface area contributed by atoms with Crippen LogP contribution in [0.25, 0.3) is 6.08 Å². The first-order chi connectivity index (χ1) is 11.9. The molecule has 5 heteroatoms. The summed E-state index contributed by atoms with van der Waals surface area (Å²) >= 11 is 3.34. The van der Waals surface area contributed by atoms with Crippen molar-refractivity contribution in [1.29, 1.82) is 0 Å². The van der Waals surface area contributed by atoms with Gasteiger partial charge in [0.15, 0.2) is 11.4 Å². The van der Waals surface area contributed by atoms with Crippen LogP contribution in [0.2, 0.25) is 0 Å². The van der Waals surface area contributed by atoms with Gasteiger partial charge in [0.1, 0.15) is 0 Å². The molecular formula is C20H18BrNO3. The number of allylic oxidation sites excluding steroid dienone is 1. The van der Waals surface area contributed by atoms with Gasteiger partial charge in [-0.25, -0.2) is 0 Å². The van der Waals surface area contributed by atoms with Crippen LogP contribution < -0.4 is 5.32 Å². The molecule has 0 fully saturated rings. The van der Waals surface area contributed by atoms with Crippen LogP contribution in [0.3, 0.4) is 0 Å². The van der Waals surface area contributed by atoms with Gasteiger partial charge in [-0.1, -0.05) is 53.2 Å². The largest absolute Gasteiger partial charge is 0.375 e. The fourth-order valence-corrected chi connectivity index (χ4v) is 3.33. The molecule has 0 aliphatic carbocycles. The first kappa shape index (κ1) is 17.6. The number of nitrogens with one attached hydrogen (secondary N) is 1. The predicted octanol–water partition coefficient (Wildman–Crippen LogP) is 4.04. The lowest BCUT2D eigenvalue weighted by molar-refractivity contribution is -0.138. The van der Waals surface area contributed by atoms with E-state index in [0.29, 0.717) is 23.2 Å². The number of rotatable bonds is 5. The molecule has 0 radical (unpaired) electrons. The number of anilines is 1. The molecule has 0 saturated heterocycles. The van der Waals surface area contributed by atoms with Gasteiger partial charge in [0.05, 0.1) is 6.42 Å². The molecule has 2 N–H and O–H groups in total. The summed E-state index contributed by atoms with van der Waals surface area (Å²) in [5.41, 5.74) is 0.611. The number of carbonyl (C=O) groups excluding carboxylic acids is 2. The second kappa shape index (κ2) is 6.94. The van der Waals surface area contributed by atoms with Crippen LogP contribution in [0.15, 0.2) is 58.6 Å². The Morgan fingerprint density at radius 3 is 2.64 bits per heavy atom. The molecule has 1 atom stereocenters. The molecule has 1 unspecified atom stereocenters. The molecule has 128 valence electrons. The van der Waals surface area contributed by atoms with Crippen LogP contribution in [-0.2, 0) is 15.2 Å². The molecule has 2 aromatic carbocycles. The molecular weight excluding hydrogens is 382 g/mol. The van der Waals surface area contributed by atoms with Gasteiger partial charge in [-0.05, 0) is 41.8 Å². The average molecular weight is 400 g/mol. The summed E-state index contributed by atoms with van der Waals surface area (Å²) in [5, 5.41) is 13.6. The minimum Gasteiger partial charge on any atom is -0.375 e. The van der Waals surface area contributed by atoms with E-state index in [4.69, 9.17) is 0 Å². The monoisotopic (exact) mass is 399 g/mol. The van der Waals surface area contributed by atoms with E-state index < -0.39 is 11.5 Å². The summed E-state index contributed by atoms with van der Waals surface area (Å²) in [6, 6.07) is 14.7. The summed E-state index contributed by atoms with van der Waals surface area (Å²) in [6.45, 7) is 1.88. The number of fused-ring (bicyclic) bond motifs is 1. The summed E-state index contributed by atoms with van der Waals surface area (Å²) in [4.78, 5) is 25.1. The van der Waals surface area contributed by atoms with Gasteiger partial charge in [0, 0.05) is 15.7 Å². The topological polar surface area (TPSA) is 66.4 Å². The van der Waals surface area contributed by atoms with Crippen molar-refractivity contribution >= 4 is 39.4 Å². The Bertz CT molecular complexity index is 860. The van der Waals surface area contributed by atoms with Crippen LogP contribution in [-0.4, -0.2) is 16.8 Å². The van der Waals surface area contributed by atoms with Crippen molar-refractivity contribution in [1.82, 2.24) is 0 Å². The molecule has 4 nitrogen and oxygen atoms in total. The highest BCUT2D eigenvalue weighted by Crippen LogP contribution is 2.40. The fraction of sp³-hybridized carbons (Fsp3) is 0.200. The number of hydrogen-bond acceptors (Lipinski definition) is 3. The van der Waals surface area contributed by atoms with Crippen molar-refractivity contribution in [2.75, 3.05) is 5.32 Å². The van der Waals surface area contributed by atoms with Crippen LogP contribution in [0.5, 0.6) is 0 Å². The molecule has 25 heavy (non-hydrogen) atoms. The van der Waals surface area contributed by atoms with Crippen molar-refractivity contribution in [2.45, 2.75) is 25.4 Å². The lowest BCUT2D eigenvalue weighted by Crippen LogP contribution is -2.36. The number of ketones is 1. The van der Waals surface area contributed by atoms with E-state index in [1.54, 1.807) is 24.3 Å². The summed E-state index contributed by atoms with van der Waals surface area (Å²) in [6.07, 6.45) is 2.05. The average Bonchev–Trinajstić information content (AvgIpc) is 2.84. The smallest absolute Gasteiger partial charge is 0.261 e. The second-order valence-corrected chi connectivity index (χ2v) is 6.95. The highest BCUT2D eigenvalue weighted by Gasteiger charge is 2.47. The Morgan fingerprint density at radius 2 is 1.96 bits per heavy atom. The minimum absolute atomic E-state index is 0.239. The Labute approximate surface area is 154 Å². The SMILES string of the molecule is CC/C(=C\c1ccccc1)C(=O)CC1(O)C(=O)Nc2ccc(Br)cc21. The molecule has 2 aromatic rings. The van der Waals surface area contributed by atoms with Crippen molar-refractivity contribution in [3.63, 3.8) is 0 Å². The third kappa shape index (κ3) is 3.43. The molecule has 0 saturated carbocycles.